The number of rotatable bonds is 5. The Bertz CT molecular complexity index is 514. The molecule has 1 aromatic heterocycles. The van der Waals surface area contributed by atoms with Gasteiger partial charge in [0.05, 0.1) is 11.2 Å². The van der Waals surface area contributed by atoms with E-state index in [1.807, 2.05) is 4.90 Å². The molecule has 23 heavy (non-hydrogen) atoms. The second-order valence-electron chi connectivity index (χ2n) is 6.49. The van der Waals surface area contributed by atoms with Gasteiger partial charge in [-0.15, -0.1) is 0 Å². The third-order valence-corrected chi connectivity index (χ3v) is 4.99. The number of hydrogen-bond acceptors (Lipinski definition) is 3. The van der Waals surface area contributed by atoms with Gasteiger partial charge in [0.25, 0.3) is 0 Å². The summed E-state index contributed by atoms with van der Waals surface area (Å²) >= 11 is 5.82. The first-order valence-corrected chi connectivity index (χ1v) is 9.05. The van der Waals surface area contributed by atoms with E-state index >= 15 is 0 Å². The van der Waals surface area contributed by atoms with Gasteiger partial charge in [-0.05, 0) is 38.8 Å². The largest absolute Gasteiger partial charge is 0.338 e. The van der Waals surface area contributed by atoms with Gasteiger partial charge in [-0.25, -0.2) is 4.79 Å². The molecule has 0 aliphatic carbocycles. The first-order valence-electron chi connectivity index (χ1n) is 8.67. The number of halogens is 1. The fourth-order valence-electron chi connectivity index (χ4n) is 3.52. The van der Waals surface area contributed by atoms with Crippen molar-refractivity contribution in [3.8, 4) is 0 Å². The smallest absolute Gasteiger partial charge is 0.317 e. The van der Waals surface area contributed by atoms with Gasteiger partial charge in [-0.3, -0.25) is 9.58 Å². The topological polar surface area (TPSA) is 53.4 Å². The Morgan fingerprint density at radius 2 is 2.13 bits per heavy atom. The molecule has 1 unspecified atom stereocenters. The van der Waals surface area contributed by atoms with Crippen LogP contribution in [-0.4, -0.2) is 64.4 Å². The number of hydrogen-bond donors (Lipinski definition) is 1. The van der Waals surface area contributed by atoms with Gasteiger partial charge in [0.2, 0.25) is 0 Å². The summed E-state index contributed by atoms with van der Waals surface area (Å²) in [7, 11) is 0. The van der Waals surface area contributed by atoms with Crippen LogP contribution >= 0.6 is 11.6 Å². The summed E-state index contributed by atoms with van der Waals surface area (Å²) in [6.45, 7) is 5.59. The van der Waals surface area contributed by atoms with E-state index in [2.05, 4.69) is 15.3 Å². The van der Waals surface area contributed by atoms with Gasteiger partial charge in [-0.2, -0.15) is 5.10 Å². The molecule has 7 heteroatoms. The normalized spacial score (nSPS) is 22.5. The minimum atomic E-state index is 0.0722. The summed E-state index contributed by atoms with van der Waals surface area (Å²) in [5, 5.41) is 7.80. The van der Waals surface area contributed by atoms with E-state index in [1.165, 1.54) is 32.4 Å². The van der Waals surface area contributed by atoms with Gasteiger partial charge in [0, 0.05) is 38.4 Å². The van der Waals surface area contributed by atoms with Crippen molar-refractivity contribution in [1.82, 2.24) is 24.9 Å². The van der Waals surface area contributed by atoms with Crippen LogP contribution in [-0.2, 0) is 6.54 Å². The highest BCUT2D eigenvalue weighted by atomic mass is 35.5. The number of carbonyl (C=O) groups excluding carboxylic acids is 1. The highest BCUT2D eigenvalue weighted by Gasteiger charge is 2.30. The first-order chi connectivity index (χ1) is 11.2. The number of nitrogens with one attached hydrogen (secondary N) is 1. The maximum absolute atomic E-state index is 12.2. The van der Waals surface area contributed by atoms with E-state index in [9.17, 15) is 4.79 Å². The van der Waals surface area contributed by atoms with Crippen molar-refractivity contribution >= 4 is 17.6 Å². The lowest BCUT2D eigenvalue weighted by Crippen LogP contribution is -2.44. The minimum Gasteiger partial charge on any atom is -0.338 e. The summed E-state index contributed by atoms with van der Waals surface area (Å²) in [6.07, 6.45) is 9.36. The predicted molar refractivity (Wildman–Crippen MR) is 90.7 cm³/mol. The average Bonchev–Trinajstić information content (AvgIpc) is 3.21. The molecule has 2 amide bonds. The molecule has 1 aromatic rings. The summed E-state index contributed by atoms with van der Waals surface area (Å²) < 4.78 is 1.80. The van der Waals surface area contributed by atoms with Crippen LogP contribution in [0.5, 0.6) is 0 Å². The van der Waals surface area contributed by atoms with E-state index in [0.29, 0.717) is 17.6 Å². The lowest BCUT2D eigenvalue weighted by atomic mass is 10.1. The Balaban J connectivity index is 1.34. The van der Waals surface area contributed by atoms with Crippen molar-refractivity contribution in [2.24, 2.45) is 0 Å². The lowest BCUT2D eigenvalue weighted by molar-refractivity contribution is 0.161. The lowest BCUT2D eigenvalue weighted by Gasteiger charge is -2.32. The number of aromatic nitrogens is 2. The molecule has 2 aliphatic heterocycles. The van der Waals surface area contributed by atoms with Crippen molar-refractivity contribution in [3.63, 3.8) is 0 Å². The molecule has 2 saturated heterocycles. The van der Waals surface area contributed by atoms with Crippen molar-refractivity contribution in [2.45, 2.75) is 44.7 Å². The Morgan fingerprint density at radius 1 is 1.30 bits per heavy atom. The Morgan fingerprint density at radius 3 is 2.87 bits per heavy atom. The molecule has 128 valence electrons. The minimum absolute atomic E-state index is 0.0722. The van der Waals surface area contributed by atoms with Crippen molar-refractivity contribution in [2.75, 3.05) is 32.7 Å². The van der Waals surface area contributed by atoms with E-state index in [1.54, 1.807) is 17.1 Å². The molecule has 1 N–H and O–H groups in total. The van der Waals surface area contributed by atoms with E-state index < -0.39 is 0 Å². The number of carbonyl (C=O) groups is 1. The van der Waals surface area contributed by atoms with Crippen molar-refractivity contribution < 1.29 is 4.79 Å². The first kappa shape index (κ1) is 16.6. The van der Waals surface area contributed by atoms with Crippen LogP contribution in [0.25, 0.3) is 0 Å². The quantitative estimate of drug-likeness (QED) is 0.837. The summed E-state index contributed by atoms with van der Waals surface area (Å²) in [4.78, 5) is 16.8. The van der Waals surface area contributed by atoms with Gasteiger partial charge in [-0.1, -0.05) is 18.0 Å². The van der Waals surface area contributed by atoms with Crippen molar-refractivity contribution in [1.29, 1.82) is 0 Å². The average molecular weight is 340 g/mol. The molecule has 2 aliphatic rings. The molecule has 6 nitrogen and oxygen atoms in total. The monoisotopic (exact) mass is 339 g/mol. The van der Waals surface area contributed by atoms with E-state index in [-0.39, 0.29) is 6.03 Å². The number of piperidine rings is 1. The Labute approximate surface area is 142 Å². The Hall–Kier alpha value is -1.27. The maximum atomic E-state index is 12.2. The van der Waals surface area contributed by atoms with E-state index in [0.717, 1.165) is 32.5 Å². The van der Waals surface area contributed by atoms with Crippen LogP contribution in [0.15, 0.2) is 12.4 Å². The molecule has 3 heterocycles. The molecular formula is C16H26ClN5O. The highest BCUT2D eigenvalue weighted by Crippen LogP contribution is 2.20. The fourth-order valence-corrected chi connectivity index (χ4v) is 3.67. The summed E-state index contributed by atoms with van der Waals surface area (Å²) in [5.74, 6) is 0. The third kappa shape index (κ3) is 4.61. The number of aryl methyl sites for hydroxylation is 1. The SMILES string of the molecule is O=C(NCCCn1cc(Cl)cn1)N1CCC(N2CCCCC2)C1. The second kappa shape index (κ2) is 8.02. The van der Waals surface area contributed by atoms with Crippen LogP contribution in [0.1, 0.15) is 32.1 Å². The third-order valence-electron chi connectivity index (χ3n) is 4.80. The van der Waals surface area contributed by atoms with Crippen LogP contribution in [0, 0.1) is 0 Å². The van der Waals surface area contributed by atoms with Gasteiger partial charge < -0.3 is 10.2 Å². The molecule has 0 aromatic carbocycles. The fraction of sp³-hybridized carbons (Fsp3) is 0.750. The molecule has 2 fully saturated rings. The zero-order chi connectivity index (χ0) is 16.1. The number of nitrogens with zero attached hydrogens (tertiary/aromatic N) is 4. The molecule has 0 bridgehead atoms. The highest BCUT2D eigenvalue weighted by molar-refractivity contribution is 6.30. The predicted octanol–water partition coefficient (Wildman–Crippen LogP) is 2.20. The molecule has 0 spiro atoms. The summed E-state index contributed by atoms with van der Waals surface area (Å²) in [6, 6.07) is 0.635. The molecule has 3 rings (SSSR count). The zero-order valence-corrected chi connectivity index (χ0v) is 14.3. The molecule has 0 radical (unpaired) electrons. The van der Waals surface area contributed by atoms with Gasteiger partial charge in [0.15, 0.2) is 0 Å². The molecule has 1 atom stereocenters. The molecular weight excluding hydrogens is 314 g/mol. The molecule has 0 saturated carbocycles. The standard InChI is InChI=1S/C16H26ClN5O/c17-14-11-19-22(12-14)9-4-6-18-16(23)21-10-5-15(13-21)20-7-2-1-3-8-20/h11-12,15H,1-10,13H2,(H,18,23). The number of urea groups is 1. The van der Waals surface area contributed by atoms with Crippen LogP contribution in [0.4, 0.5) is 4.79 Å². The summed E-state index contributed by atoms with van der Waals surface area (Å²) in [5.41, 5.74) is 0. The van der Waals surface area contributed by atoms with Gasteiger partial charge in [0.1, 0.15) is 0 Å². The maximum Gasteiger partial charge on any atom is 0.317 e. The van der Waals surface area contributed by atoms with Crippen molar-refractivity contribution in [3.05, 3.63) is 17.4 Å². The van der Waals surface area contributed by atoms with E-state index in [4.69, 9.17) is 11.6 Å². The van der Waals surface area contributed by atoms with Crippen LogP contribution < -0.4 is 5.32 Å². The van der Waals surface area contributed by atoms with Crippen LogP contribution in [0.3, 0.4) is 0 Å². The van der Waals surface area contributed by atoms with Gasteiger partial charge >= 0.3 is 6.03 Å². The van der Waals surface area contributed by atoms with Crippen LogP contribution in [0.2, 0.25) is 5.02 Å². The number of amides is 2. The zero-order valence-electron chi connectivity index (χ0n) is 13.6. The second-order valence-corrected chi connectivity index (χ2v) is 6.93. The number of likely N-dealkylation sites (tertiary alicyclic amines) is 2. The Kier molecular flexibility index (Phi) is 5.78.